The molecular formula is CH4Cl2Zn2-2. The molecule has 0 atom stereocenters. The summed E-state index contributed by atoms with van der Waals surface area (Å²) in [4.78, 5) is 0. The van der Waals surface area contributed by atoms with E-state index in [1.165, 1.54) is 0 Å². The van der Waals surface area contributed by atoms with E-state index in [0.29, 0.717) is 0 Å². The summed E-state index contributed by atoms with van der Waals surface area (Å²) in [5, 5.41) is 0. The molecule has 0 nitrogen and oxygen atoms in total. The van der Waals surface area contributed by atoms with Crippen molar-refractivity contribution in [3.05, 3.63) is 0 Å². The van der Waals surface area contributed by atoms with Crippen LogP contribution in [0.25, 0.3) is 0 Å². The van der Waals surface area contributed by atoms with Gasteiger partial charge in [-0.1, -0.05) is 7.43 Å². The van der Waals surface area contributed by atoms with Crippen LogP contribution >= 0.6 is 0 Å². The number of rotatable bonds is 0. The van der Waals surface area contributed by atoms with Crippen molar-refractivity contribution < 1.29 is 63.8 Å². The maximum Gasteiger partial charge on any atom is 0 e. The fourth-order valence-electron chi connectivity index (χ4n) is 0. The van der Waals surface area contributed by atoms with Crippen molar-refractivity contribution in [1.29, 1.82) is 0 Å². The van der Waals surface area contributed by atoms with Gasteiger partial charge in [0.2, 0.25) is 0 Å². The van der Waals surface area contributed by atoms with Gasteiger partial charge in [-0.15, -0.1) is 0 Å². The number of hydrogen-bond acceptors (Lipinski definition) is 0. The Bertz CT molecular complexity index is 7.61. The maximum absolute atomic E-state index is 0. The predicted octanol–water partition coefficient (Wildman–Crippen LogP) is -5.36. The van der Waals surface area contributed by atoms with Gasteiger partial charge in [0.1, 0.15) is 0 Å². The molecule has 0 aliphatic heterocycles. The second-order valence-electron chi connectivity index (χ2n) is 0. The van der Waals surface area contributed by atoms with E-state index in [1.807, 2.05) is 0 Å². The largest absolute Gasteiger partial charge is 1.00 e. The van der Waals surface area contributed by atoms with Gasteiger partial charge < -0.3 is 24.8 Å². The molecule has 28 valence electrons. The Morgan fingerprint density at radius 2 is 0.600 bits per heavy atom. The Morgan fingerprint density at radius 3 is 0.600 bits per heavy atom. The molecule has 0 saturated heterocycles. The summed E-state index contributed by atoms with van der Waals surface area (Å²) in [5.41, 5.74) is 0. The molecule has 0 aromatic carbocycles. The molecule has 0 aliphatic rings. The summed E-state index contributed by atoms with van der Waals surface area (Å²) < 4.78 is 0. The quantitative estimate of drug-likeness (QED) is 0.356. The Labute approximate surface area is 70.8 Å². The van der Waals surface area contributed by atoms with Crippen molar-refractivity contribution in [2.45, 2.75) is 7.43 Å². The van der Waals surface area contributed by atoms with Gasteiger partial charge in [-0.2, -0.15) is 0 Å². The summed E-state index contributed by atoms with van der Waals surface area (Å²) in [6.07, 6.45) is 0. The van der Waals surface area contributed by atoms with Gasteiger partial charge in [0.05, 0.1) is 0 Å². The van der Waals surface area contributed by atoms with Gasteiger partial charge >= 0.3 is 0 Å². The van der Waals surface area contributed by atoms with Crippen molar-refractivity contribution in [1.82, 2.24) is 0 Å². The fourth-order valence-corrected chi connectivity index (χ4v) is 0. The van der Waals surface area contributed by atoms with Crippen LogP contribution in [-0.2, 0) is 39.0 Å². The summed E-state index contributed by atoms with van der Waals surface area (Å²) >= 11 is 0. The van der Waals surface area contributed by atoms with Crippen LogP contribution in [0.4, 0.5) is 0 Å². The Morgan fingerprint density at radius 1 is 0.600 bits per heavy atom. The molecule has 0 fully saturated rings. The number of hydrogen-bond donors (Lipinski definition) is 0. The zero-order valence-electron chi connectivity index (χ0n) is 2.17. The minimum atomic E-state index is 0. The van der Waals surface area contributed by atoms with Gasteiger partial charge in [-0.3, -0.25) is 0 Å². The van der Waals surface area contributed by atoms with Crippen LogP contribution in [0.5, 0.6) is 0 Å². The molecule has 0 radical (unpaired) electrons. The van der Waals surface area contributed by atoms with E-state index in [-0.39, 0.29) is 71.2 Å². The SMILES string of the molecule is C.[Cl-].[Cl-].[Zn].[Zn]. The van der Waals surface area contributed by atoms with E-state index in [1.54, 1.807) is 0 Å². The van der Waals surface area contributed by atoms with Crippen LogP contribution < -0.4 is 24.8 Å². The summed E-state index contributed by atoms with van der Waals surface area (Å²) in [5.74, 6) is 0. The van der Waals surface area contributed by atoms with E-state index in [9.17, 15) is 0 Å². The second-order valence-corrected chi connectivity index (χ2v) is 0. The molecule has 0 rings (SSSR count). The van der Waals surface area contributed by atoms with Crippen molar-refractivity contribution in [2.75, 3.05) is 0 Å². The van der Waals surface area contributed by atoms with Crippen molar-refractivity contribution in [2.24, 2.45) is 0 Å². The summed E-state index contributed by atoms with van der Waals surface area (Å²) in [6, 6.07) is 0. The van der Waals surface area contributed by atoms with Crippen LogP contribution in [0.2, 0.25) is 0 Å². The van der Waals surface area contributed by atoms with Crippen LogP contribution in [0, 0.1) is 0 Å². The zero-order chi connectivity index (χ0) is 0. The molecule has 0 spiro atoms. The topological polar surface area (TPSA) is 0 Å². The minimum absolute atomic E-state index is 0. The molecule has 0 bridgehead atoms. The van der Waals surface area contributed by atoms with E-state index in [4.69, 9.17) is 0 Å². The van der Waals surface area contributed by atoms with Crippen LogP contribution in [0.3, 0.4) is 0 Å². The van der Waals surface area contributed by atoms with Gasteiger partial charge in [-0.25, -0.2) is 0 Å². The molecule has 0 heterocycles. The molecule has 0 amide bonds. The maximum atomic E-state index is 0. The van der Waals surface area contributed by atoms with Gasteiger partial charge in [-0.05, 0) is 0 Å². The third-order valence-corrected chi connectivity index (χ3v) is 0. The molecule has 0 unspecified atom stereocenters. The second kappa shape index (κ2) is 40.7. The molecule has 0 aliphatic carbocycles. The summed E-state index contributed by atoms with van der Waals surface area (Å²) in [7, 11) is 0. The van der Waals surface area contributed by atoms with E-state index < -0.39 is 0 Å². The molecule has 5 heavy (non-hydrogen) atoms. The van der Waals surface area contributed by atoms with Crippen LogP contribution in [0.15, 0.2) is 0 Å². The fraction of sp³-hybridized carbons (Fsp3) is 1.00. The van der Waals surface area contributed by atoms with Crippen molar-refractivity contribution in [3.8, 4) is 0 Å². The van der Waals surface area contributed by atoms with Crippen molar-refractivity contribution in [3.63, 3.8) is 0 Å². The molecule has 0 saturated carbocycles. The first-order valence-electron chi connectivity index (χ1n) is 0. The Balaban J connectivity index is 0. The molecule has 0 N–H and O–H groups in total. The molecule has 0 aromatic heterocycles. The summed E-state index contributed by atoms with van der Waals surface area (Å²) in [6.45, 7) is 0. The first kappa shape index (κ1) is 69.5. The van der Waals surface area contributed by atoms with Gasteiger partial charge in [0, 0.05) is 39.0 Å². The minimum Gasteiger partial charge on any atom is -1.00 e. The Hall–Kier alpha value is 1.83. The average Bonchev–Trinajstić information content (AvgIpc) is 0. The van der Waals surface area contributed by atoms with E-state index >= 15 is 0 Å². The monoisotopic (exact) mass is 214 g/mol. The average molecular weight is 218 g/mol. The van der Waals surface area contributed by atoms with Gasteiger partial charge in [0.15, 0.2) is 0 Å². The van der Waals surface area contributed by atoms with Crippen molar-refractivity contribution >= 4 is 0 Å². The first-order valence-corrected chi connectivity index (χ1v) is 0. The van der Waals surface area contributed by atoms with E-state index in [2.05, 4.69) is 0 Å². The first-order chi connectivity index (χ1) is 0. The van der Waals surface area contributed by atoms with E-state index in [0.717, 1.165) is 0 Å². The third kappa shape index (κ3) is 25.6. The van der Waals surface area contributed by atoms with Gasteiger partial charge in [0.25, 0.3) is 0 Å². The Kier molecular flexibility index (Phi) is 565. The van der Waals surface area contributed by atoms with Crippen LogP contribution in [0.1, 0.15) is 7.43 Å². The molecule has 4 heteroatoms. The smallest absolute Gasteiger partial charge is 0 e. The molecule has 0 aromatic rings. The van der Waals surface area contributed by atoms with Crippen LogP contribution in [-0.4, -0.2) is 0 Å². The standard InChI is InChI=1S/CH4.2ClH.2Zn/h1H4;2*1H;;/p-2. The number of halogens is 2. The third-order valence-electron chi connectivity index (χ3n) is 0. The predicted molar refractivity (Wildman–Crippen MR) is 6.73 cm³/mol. The normalized spacial score (nSPS) is 0. The molecular weight excluding hydrogens is 214 g/mol. The zero-order valence-corrected chi connectivity index (χ0v) is 9.62.